The summed E-state index contributed by atoms with van der Waals surface area (Å²) in [6.45, 7) is 9.81. The van der Waals surface area contributed by atoms with Crippen LogP contribution in [0.1, 0.15) is 55.3 Å². The van der Waals surface area contributed by atoms with E-state index in [0.717, 1.165) is 126 Å². The van der Waals surface area contributed by atoms with Gasteiger partial charge in [-0.05, 0) is 160 Å². The highest BCUT2D eigenvalue weighted by Gasteiger charge is 2.51. The van der Waals surface area contributed by atoms with Gasteiger partial charge in [-0.2, -0.15) is 0 Å². The van der Waals surface area contributed by atoms with Crippen molar-refractivity contribution in [2.24, 2.45) is 0 Å². The Bertz CT molecular complexity index is 4900. The van der Waals surface area contributed by atoms with Crippen LogP contribution in [0.5, 0.6) is 0 Å². The van der Waals surface area contributed by atoms with Crippen LogP contribution in [-0.4, -0.2) is 60.3 Å². The fourth-order valence-electron chi connectivity index (χ4n) is 10.1. The number of fused-ring (bicyclic) bond motifs is 4. The van der Waals surface area contributed by atoms with Crippen LogP contribution in [0.15, 0.2) is 288 Å². The highest BCUT2D eigenvalue weighted by atomic mass is 79.9. The predicted molar refractivity (Wildman–Crippen MR) is 387 cm³/mol. The predicted octanol–water partition coefficient (Wildman–Crippen LogP) is 19.2. The first kappa shape index (κ1) is 64.3. The monoisotopic (exact) mass is 1340 g/mol. The van der Waals surface area contributed by atoms with Gasteiger partial charge in [0.1, 0.15) is 0 Å². The van der Waals surface area contributed by atoms with E-state index in [0.29, 0.717) is 11.3 Å². The average molecular weight is 1350 g/mol. The second-order valence-electron chi connectivity index (χ2n) is 23.0. The molecule has 0 unspecified atom stereocenters. The van der Waals surface area contributed by atoms with Gasteiger partial charge in [-0.15, -0.1) is 0 Å². The summed E-state index contributed by atoms with van der Waals surface area (Å²) in [6, 6.07) is 88.3. The molecule has 1 aliphatic heterocycles. The van der Waals surface area contributed by atoms with Gasteiger partial charge in [-0.1, -0.05) is 190 Å². The first-order chi connectivity index (χ1) is 45.1. The third kappa shape index (κ3) is 16.1. The Kier molecular flexibility index (Phi) is 20.3. The fraction of sp³-hybridized carbons (Fsp3) is 0.0886. The Labute approximate surface area is 558 Å². The zero-order valence-corrected chi connectivity index (χ0v) is 55.0. The largest absolute Gasteiger partial charge is 0.494 e. The second kappa shape index (κ2) is 29.4. The summed E-state index contributed by atoms with van der Waals surface area (Å²) in [7, 11) is -0.380. The normalized spacial score (nSPS) is 12.7. The highest BCUT2D eigenvalue weighted by Crippen LogP contribution is 2.37. The Morgan fingerprint density at radius 3 is 1.35 bits per heavy atom. The van der Waals surface area contributed by atoms with E-state index >= 15 is 0 Å². The number of aldehydes is 1. The summed E-state index contributed by atoms with van der Waals surface area (Å²) in [5, 5.41) is 4.47. The molecule has 8 aromatic carbocycles. The molecular formula is C79H64BBr2N7O4. The molecule has 1 aliphatic rings. The number of hydrogen-bond acceptors (Lipinski definition) is 11. The number of pyridine rings is 6. The molecule has 0 radical (unpaired) electrons. The third-order valence-electron chi connectivity index (χ3n) is 16.0. The molecule has 0 aliphatic carbocycles. The standard InChI is InChI=1S/C29H19N3.C20H21BN2O2.C15H10BrN.C8H8O.C7H6BrNO/c1-2-6-20(7-3-1)25-15-13-24-18-22(12-14-26(24)31-25)23-10-9-21-11-16-28(32-29(21)19-23)27-8-4-5-17-30-27;1-19(2)20(3,4)25-21(24-19)15-10-8-14-9-11-17(23-18(14)13-15)16-7-5-6-12-22-16;16-13-7-9-15-12(10-13)6-8-14(17-15)11-4-2-1-3-5-11;1-7(9)8-5-3-2-4-6-8;8-6-1-2-7(9)5(3-6)4-10/h1-19H;5-13H,1-4H3;1-10H;2-6H,1H3;1-4H,9H2. The molecule has 456 valence electrons. The van der Waals surface area contributed by atoms with Crippen molar-refractivity contribution in [2.45, 2.75) is 45.8 Å². The number of nitrogens with two attached hydrogens (primary N) is 1. The van der Waals surface area contributed by atoms with Crippen LogP contribution in [0.4, 0.5) is 5.69 Å². The number of Topliss-reactive ketones (excluding diaryl/α,β-unsaturated/α-hetero) is 1. The van der Waals surface area contributed by atoms with E-state index in [1.807, 2.05) is 140 Å². The molecule has 6 aromatic heterocycles. The van der Waals surface area contributed by atoms with Gasteiger partial charge < -0.3 is 15.0 Å². The highest BCUT2D eigenvalue weighted by molar-refractivity contribution is 9.10. The maximum absolute atomic E-state index is 10.6. The molecule has 11 nitrogen and oxygen atoms in total. The summed E-state index contributed by atoms with van der Waals surface area (Å²) < 4.78 is 14.3. The van der Waals surface area contributed by atoms with Gasteiger partial charge in [-0.25, -0.2) is 19.9 Å². The Morgan fingerprint density at radius 1 is 0.409 bits per heavy atom. The maximum Gasteiger partial charge on any atom is 0.494 e. The molecule has 14 heteroatoms. The SMILES string of the molecule is Brc1ccc2nc(-c3ccccc3)ccc2c1.CC(=O)c1ccccc1.CC1(C)OB(c2ccc3ccc(-c4ccccn4)nc3c2)OC1(C)C.Nc1ccc(Br)cc1C=O.c1ccc(-c2ccc3cc(-c4ccc5ccc(-c6ccccn6)nc5c4)ccc3n2)cc1. The van der Waals surface area contributed by atoms with Crippen molar-refractivity contribution in [2.75, 3.05) is 5.73 Å². The third-order valence-corrected chi connectivity index (χ3v) is 16.9. The minimum Gasteiger partial charge on any atom is -0.399 e. The van der Waals surface area contributed by atoms with Crippen molar-refractivity contribution >= 4 is 106 Å². The molecule has 0 amide bonds. The number of anilines is 1. The Balaban J connectivity index is 0.000000128. The van der Waals surface area contributed by atoms with Crippen LogP contribution in [-0.2, 0) is 9.31 Å². The molecule has 0 spiro atoms. The second-order valence-corrected chi connectivity index (χ2v) is 24.8. The van der Waals surface area contributed by atoms with Crippen molar-refractivity contribution in [1.82, 2.24) is 29.9 Å². The van der Waals surface area contributed by atoms with Gasteiger partial charge in [0.25, 0.3) is 0 Å². The molecule has 0 saturated carbocycles. The van der Waals surface area contributed by atoms with Gasteiger partial charge >= 0.3 is 7.12 Å². The summed E-state index contributed by atoms with van der Waals surface area (Å²) in [4.78, 5) is 48.9. The van der Waals surface area contributed by atoms with Crippen LogP contribution < -0.4 is 11.2 Å². The summed E-state index contributed by atoms with van der Waals surface area (Å²) in [5.41, 5.74) is 21.5. The zero-order valence-electron chi connectivity index (χ0n) is 51.9. The van der Waals surface area contributed by atoms with Gasteiger partial charge in [-0.3, -0.25) is 19.6 Å². The lowest BCUT2D eigenvalue weighted by molar-refractivity contribution is 0.00578. The molecule has 2 N–H and O–H groups in total. The number of aromatic nitrogens is 6. The van der Waals surface area contributed by atoms with Crippen LogP contribution in [0.2, 0.25) is 0 Å². The molecule has 1 saturated heterocycles. The average Bonchev–Trinajstić information content (AvgIpc) is 1.69. The van der Waals surface area contributed by atoms with Gasteiger partial charge in [0.05, 0.1) is 67.4 Å². The molecule has 7 heterocycles. The zero-order chi connectivity index (χ0) is 64.9. The smallest absolute Gasteiger partial charge is 0.399 e. The number of carbonyl (C=O) groups is 2. The van der Waals surface area contributed by atoms with E-state index in [-0.39, 0.29) is 24.1 Å². The van der Waals surface area contributed by atoms with E-state index < -0.39 is 0 Å². The summed E-state index contributed by atoms with van der Waals surface area (Å²) in [5.74, 6) is 0.121. The van der Waals surface area contributed by atoms with Crippen molar-refractivity contribution in [3.05, 3.63) is 299 Å². The van der Waals surface area contributed by atoms with Crippen LogP contribution in [0.25, 0.3) is 100 Å². The van der Waals surface area contributed by atoms with E-state index in [4.69, 9.17) is 30.0 Å². The van der Waals surface area contributed by atoms with Gasteiger partial charge in [0, 0.05) is 70.8 Å². The Morgan fingerprint density at radius 2 is 0.839 bits per heavy atom. The number of nitrogen functional groups attached to an aromatic ring is 1. The fourth-order valence-corrected chi connectivity index (χ4v) is 10.9. The molecule has 1 fully saturated rings. The number of ketones is 1. The minimum absolute atomic E-state index is 0.121. The molecule has 93 heavy (non-hydrogen) atoms. The van der Waals surface area contributed by atoms with E-state index in [1.54, 1.807) is 37.5 Å². The Hall–Kier alpha value is -10.2. The summed E-state index contributed by atoms with van der Waals surface area (Å²) in [6.07, 6.45) is 4.31. The first-order valence-corrected chi connectivity index (χ1v) is 31.8. The minimum atomic E-state index is -0.380. The maximum atomic E-state index is 10.6. The molecule has 14 aromatic rings. The van der Waals surface area contributed by atoms with Crippen molar-refractivity contribution in [3.8, 4) is 56.4 Å². The molecule has 0 atom stereocenters. The van der Waals surface area contributed by atoms with Gasteiger partial charge in [0.15, 0.2) is 12.1 Å². The number of hydrogen-bond donors (Lipinski definition) is 1. The number of benzene rings is 8. The lowest BCUT2D eigenvalue weighted by Gasteiger charge is -2.32. The lowest BCUT2D eigenvalue weighted by Crippen LogP contribution is -2.41. The van der Waals surface area contributed by atoms with Crippen LogP contribution in [0.3, 0.4) is 0 Å². The number of nitrogens with zero attached hydrogens (tertiary/aromatic N) is 6. The van der Waals surface area contributed by atoms with Crippen molar-refractivity contribution < 1.29 is 18.9 Å². The summed E-state index contributed by atoms with van der Waals surface area (Å²) >= 11 is 6.69. The van der Waals surface area contributed by atoms with E-state index in [2.05, 4.69) is 184 Å². The number of rotatable bonds is 8. The van der Waals surface area contributed by atoms with Crippen molar-refractivity contribution in [1.29, 1.82) is 0 Å². The first-order valence-electron chi connectivity index (χ1n) is 30.2. The van der Waals surface area contributed by atoms with E-state index in [9.17, 15) is 9.59 Å². The molecule has 15 rings (SSSR count). The molecule has 0 bridgehead atoms. The van der Waals surface area contributed by atoms with Crippen LogP contribution in [0, 0.1) is 0 Å². The van der Waals surface area contributed by atoms with Gasteiger partial charge in [0.2, 0.25) is 0 Å². The quantitative estimate of drug-likeness (QED) is 0.0669. The topological polar surface area (TPSA) is 156 Å². The number of carbonyl (C=O) groups excluding carboxylic acids is 2. The van der Waals surface area contributed by atoms with Crippen LogP contribution >= 0.6 is 31.9 Å². The lowest BCUT2D eigenvalue weighted by atomic mass is 9.78. The number of halogens is 2. The van der Waals surface area contributed by atoms with E-state index in [1.165, 1.54) is 0 Å². The van der Waals surface area contributed by atoms with Crippen molar-refractivity contribution in [3.63, 3.8) is 0 Å². The molecular weight excluding hydrogens is 1280 g/mol.